The molecule has 0 aliphatic carbocycles. The SMILES string of the molecule is N[C@H]1CCN(c2nc(C(F)(F)F)cc(=O)[nH]2)C1. The predicted octanol–water partition coefficient (Wildman–Crippen LogP) is 0.326. The maximum atomic E-state index is 12.5. The average molecular weight is 248 g/mol. The van der Waals surface area contributed by atoms with E-state index >= 15 is 0 Å². The lowest BCUT2D eigenvalue weighted by atomic mass is 10.3. The van der Waals surface area contributed by atoms with Gasteiger partial charge in [-0.1, -0.05) is 0 Å². The van der Waals surface area contributed by atoms with E-state index in [1.54, 1.807) is 4.90 Å². The van der Waals surface area contributed by atoms with Gasteiger partial charge in [0.25, 0.3) is 5.56 Å². The summed E-state index contributed by atoms with van der Waals surface area (Å²) in [6.07, 6.45) is -3.95. The van der Waals surface area contributed by atoms with Crippen LogP contribution in [-0.4, -0.2) is 29.1 Å². The molecule has 0 bridgehead atoms. The Morgan fingerprint density at radius 3 is 2.76 bits per heavy atom. The first-order valence-corrected chi connectivity index (χ1v) is 5.05. The highest BCUT2D eigenvalue weighted by molar-refractivity contribution is 5.33. The second-order valence-electron chi connectivity index (χ2n) is 3.95. The number of H-pyrrole nitrogens is 1. The molecule has 1 aliphatic rings. The zero-order valence-corrected chi connectivity index (χ0v) is 8.79. The van der Waals surface area contributed by atoms with Crippen LogP contribution in [0.4, 0.5) is 19.1 Å². The summed E-state index contributed by atoms with van der Waals surface area (Å²) in [5.41, 5.74) is 3.64. The third-order valence-electron chi connectivity index (χ3n) is 2.54. The van der Waals surface area contributed by atoms with Gasteiger partial charge in [0.2, 0.25) is 5.95 Å². The Hall–Kier alpha value is -1.57. The molecule has 3 N–H and O–H groups in total. The van der Waals surface area contributed by atoms with Crippen LogP contribution in [0.2, 0.25) is 0 Å². The van der Waals surface area contributed by atoms with Crippen molar-refractivity contribution in [3.63, 3.8) is 0 Å². The molecule has 0 unspecified atom stereocenters. The summed E-state index contributed by atoms with van der Waals surface area (Å²) < 4.78 is 37.4. The molecule has 0 aromatic carbocycles. The molecule has 2 heterocycles. The lowest BCUT2D eigenvalue weighted by Gasteiger charge is -2.17. The number of halogens is 3. The Morgan fingerprint density at radius 1 is 1.53 bits per heavy atom. The first-order valence-electron chi connectivity index (χ1n) is 5.05. The maximum absolute atomic E-state index is 12.5. The lowest BCUT2D eigenvalue weighted by molar-refractivity contribution is -0.141. The molecule has 1 atom stereocenters. The van der Waals surface area contributed by atoms with Crippen molar-refractivity contribution >= 4 is 5.95 Å². The zero-order valence-electron chi connectivity index (χ0n) is 8.79. The molecule has 94 valence electrons. The highest BCUT2D eigenvalue weighted by atomic mass is 19.4. The summed E-state index contributed by atoms with van der Waals surface area (Å²) >= 11 is 0. The minimum atomic E-state index is -4.62. The van der Waals surface area contributed by atoms with Crippen LogP contribution in [0, 0.1) is 0 Å². The summed E-state index contributed by atoms with van der Waals surface area (Å²) in [6, 6.07) is 0.342. The van der Waals surface area contributed by atoms with Crippen molar-refractivity contribution in [3.05, 3.63) is 22.1 Å². The molecule has 1 fully saturated rings. The average Bonchev–Trinajstić information content (AvgIpc) is 2.62. The Balaban J connectivity index is 2.36. The van der Waals surface area contributed by atoms with Gasteiger partial charge in [-0.15, -0.1) is 0 Å². The summed E-state index contributed by atoms with van der Waals surface area (Å²) in [5, 5.41) is 0. The number of nitrogens with zero attached hydrogens (tertiary/aromatic N) is 2. The highest BCUT2D eigenvalue weighted by Crippen LogP contribution is 2.27. The number of hydrogen-bond donors (Lipinski definition) is 2. The summed E-state index contributed by atoms with van der Waals surface area (Å²) in [7, 11) is 0. The second-order valence-corrected chi connectivity index (χ2v) is 3.95. The first-order chi connectivity index (χ1) is 7.86. The molecule has 1 aliphatic heterocycles. The van der Waals surface area contributed by atoms with Gasteiger partial charge in [0, 0.05) is 25.2 Å². The molecule has 2 rings (SSSR count). The van der Waals surface area contributed by atoms with E-state index in [9.17, 15) is 18.0 Å². The number of nitrogens with two attached hydrogens (primary N) is 1. The van der Waals surface area contributed by atoms with Crippen LogP contribution in [0.1, 0.15) is 12.1 Å². The number of nitrogens with one attached hydrogen (secondary N) is 1. The fraction of sp³-hybridized carbons (Fsp3) is 0.556. The summed E-state index contributed by atoms with van der Waals surface area (Å²) in [6.45, 7) is 0.885. The normalized spacial score (nSPS) is 20.9. The van der Waals surface area contributed by atoms with Crippen molar-refractivity contribution in [1.82, 2.24) is 9.97 Å². The molecule has 8 heteroatoms. The maximum Gasteiger partial charge on any atom is 0.433 e. The molecule has 0 amide bonds. The molecule has 1 aromatic heterocycles. The van der Waals surface area contributed by atoms with Crippen LogP contribution in [0.3, 0.4) is 0 Å². The predicted molar refractivity (Wildman–Crippen MR) is 54.7 cm³/mol. The smallest absolute Gasteiger partial charge is 0.341 e. The molecule has 0 radical (unpaired) electrons. The minimum absolute atomic E-state index is 0.0715. The Bertz CT molecular complexity index is 470. The molecular weight excluding hydrogens is 237 g/mol. The molecule has 5 nitrogen and oxygen atoms in total. The molecule has 1 aromatic rings. The molecule has 1 saturated heterocycles. The third-order valence-corrected chi connectivity index (χ3v) is 2.54. The monoisotopic (exact) mass is 248 g/mol. The first kappa shape index (κ1) is 11.9. The van der Waals surface area contributed by atoms with Gasteiger partial charge in [-0.2, -0.15) is 13.2 Å². The summed E-state index contributed by atoms with van der Waals surface area (Å²) in [5.74, 6) is -0.0715. The molecule has 0 spiro atoms. The van der Waals surface area contributed by atoms with Gasteiger partial charge < -0.3 is 10.6 Å². The van der Waals surface area contributed by atoms with Crippen LogP contribution in [0.25, 0.3) is 0 Å². The van der Waals surface area contributed by atoms with Gasteiger partial charge in [0.1, 0.15) is 0 Å². The summed E-state index contributed by atoms with van der Waals surface area (Å²) in [4.78, 5) is 18.4. The third kappa shape index (κ3) is 2.57. The van der Waals surface area contributed by atoms with Crippen molar-refractivity contribution in [3.8, 4) is 0 Å². The van der Waals surface area contributed by atoms with Gasteiger partial charge in [-0.3, -0.25) is 9.78 Å². The standard InChI is InChI=1S/C9H11F3N4O/c10-9(11,12)6-3-7(17)15-8(14-6)16-2-1-5(13)4-16/h3,5H,1-2,4,13H2,(H,14,15,17)/t5-/m0/s1. The number of aromatic nitrogens is 2. The van der Waals surface area contributed by atoms with Crippen molar-refractivity contribution in [1.29, 1.82) is 0 Å². The number of rotatable bonds is 1. The lowest BCUT2D eigenvalue weighted by Crippen LogP contribution is -2.30. The van der Waals surface area contributed by atoms with E-state index in [1.807, 2.05) is 0 Å². The van der Waals surface area contributed by atoms with Crippen molar-refractivity contribution in [2.24, 2.45) is 5.73 Å². The zero-order chi connectivity index (χ0) is 12.6. The van der Waals surface area contributed by atoms with Crippen LogP contribution < -0.4 is 16.2 Å². The van der Waals surface area contributed by atoms with E-state index in [1.165, 1.54) is 0 Å². The topological polar surface area (TPSA) is 75.0 Å². The van der Waals surface area contributed by atoms with Crippen molar-refractivity contribution in [2.75, 3.05) is 18.0 Å². The van der Waals surface area contributed by atoms with Gasteiger partial charge >= 0.3 is 6.18 Å². The minimum Gasteiger partial charge on any atom is -0.341 e. The Morgan fingerprint density at radius 2 is 2.24 bits per heavy atom. The number of aromatic amines is 1. The fourth-order valence-corrected chi connectivity index (χ4v) is 1.72. The van der Waals surface area contributed by atoms with Gasteiger partial charge in [0.15, 0.2) is 5.69 Å². The van der Waals surface area contributed by atoms with E-state index in [-0.39, 0.29) is 12.0 Å². The highest BCUT2D eigenvalue weighted by Gasteiger charge is 2.34. The number of alkyl halides is 3. The van der Waals surface area contributed by atoms with E-state index in [0.29, 0.717) is 25.6 Å². The van der Waals surface area contributed by atoms with Crippen LogP contribution in [0.5, 0.6) is 0 Å². The Labute approximate surface area is 94.4 Å². The van der Waals surface area contributed by atoms with Gasteiger partial charge in [0.05, 0.1) is 0 Å². The second kappa shape index (κ2) is 4.02. The van der Waals surface area contributed by atoms with Crippen LogP contribution in [-0.2, 0) is 6.18 Å². The quantitative estimate of drug-likeness (QED) is 0.750. The van der Waals surface area contributed by atoms with Crippen molar-refractivity contribution < 1.29 is 13.2 Å². The fourth-order valence-electron chi connectivity index (χ4n) is 1.72. The number of hydrogen-bond acceptors (Lipinski definition) is 4. The van der Waals surface area contributed by atoms with Gasteiger partial charge in [-0.25, -0.2) is 4.98 Å². The van der Waals surface area contributed by atoms with E-state index in [4.69, 9.17) is 5.73 Å². The molecular formula is C9H11F3N4O. The van der Waals surface area contributed by atoms with E-state index in [0.717, 1.165) is 0 Å². The van der Waals surface area contributed by atoms with E-state index < -0.39 is 17.4 Å². The number of anilines is 1. The van der Waals surface area contributed by atoms with Crippen LogP contribution in [0.15, 0.2) is 10.9 Å². The Kier molecular flexibility index (Phi) is 2.82. The van der Waals surface area contributed by atoms with Crippen LogP contribution >= 0.6 is 0 Å². The van der Waals surface area contributed by atoms with Gasteiger partial charge in [-0.05, 0) is 6.42 Å². The largest absolute Gasteiger partial charge is 0.433 e. The molecule has 0 saturated carbocycles. The molecule has 17 heavy (non-hydrogen) atoms. The van der Waals surface area contributed by atoms with Crippen molar-refractivity contribution in [2.45, 2.75) is 18.6 Å². The van der Waals surface area contributed by atoms with E-state index in [2.05, 4.69) is 9.97 Å².